The van der Waals surface area contributed by atoms with Crippen LogP contribution in [0.2, 0.25) is 5.02 Å². The minimum absolute atomic E-state index is 0.177. The van der Waals surface area contributed by atoms with Gasteiger partial charge in [0.1, 0.15) is 10.8 Å². The lowest BCUT2D eigenvalue weighted by molar-refractivity contribution is -0.127. The largest absolute Gasteiger partial charge is 0.479 e. The fraction of sp³-hybridized carbons (Fsp3) is 0.238. The Morgan fingerprint density at radius 1 is 1.22 bits per heavy atom. The van der Waals surface area contributed by atoms with E-state index < -0.39 is 6.10 Å². The van der Waals surface area contributed by atoms with Crippen LogP contribution in [-0.4, -0.2) is 23.5 Å². The minimum Gasteiger partial charge on any atom is -0.479 e. The number of carbonyl (C=O) groups is 1. The number of halogens is 1. The molecule has 1 heterocycles. The zero-order chi connectivity index (χ0) is 19.2. The van der Waals surface area contributed by atoms with Crippen LogP contribution in [0.4, 0.5) is 0 Å². The molecule has 2 aromatic carbocycles. The summed E-state index contributed by atoms with van der Waals surface area (Å²) in [5, 5.41) is 6.40. The molecule has 0 radical (unpaired) electrons. The summed E-state index contributed by atoms with van der Waals surface area (Å²) in [4.78, 5) is 16.9. The van der Waals surface area contributed by atoms with Crippen LogP contribution in [0.25, 0.3) is 10.6 Å². The average Bonchev–Trinajstić information content (AvgIpc) is 3.13. The van der Waals surface area contributed by atoms with Gasteiger partial charge in [0.25, 0.3) is 5.91 Å². The van der Waals surface area contributed by atoms with Crippen LogP contribution in [0.15, 0.2) is 53.9 Å². The maximum atomic E-state index is 12.2. The van der Waals surface area contributed by atoms with Crippen LogP contribution < -0.4 is 10.1 Å². The van der Waals surface area contributed by atoms with Gasteiger partial charge in [0.2, 0.25) is 0 Å². The van der Waals surface area contributed by atoms with Crippen molar-refractivity contribution in [3.63, 3.8) is 0 Å². The summed E-state index contributed by atoms with van der Waals surface area (Å²) >= 11 is 7.67. The topological polar surface area (TPSA) is 51.2 Å². The van der Waals surface area contributed by atoms with Crippen LogP contribution in [0.3, 0.4) is 0 Å². The van der Waals surface area contributed by atoms with Gasteiger partial charge >= 0.3 is 0 Å². The highest BCUT2D eigenvalue weighted by Gasteiger charge is 2.15. The second-order valence-electron chi connectivity index (χ2n) is 6.24. The second kappa shape index (κ2) is 9.02. The third-order valence-electron chi connectivity index (χ3n) is 4.04. The Bertz CT molecular complexity index is 909. The van der Waals surface area contributed by atoms with Gasteiger partial charge in [0.15, 0.2) is 6.10 Å². The van der Waals surface area contributed by atoms with E-state index in [1.165, 1.54) is 5.56 Å². The van der Waals surface area contributed by atoms with Gasteiger partial charge < -0.3 is 10.1 Å². The lowest BCUT2D eigenvalue weighted by Crippen LogP contribution is -2.37. The Morgan fingerprint density at radius 2 is 1.96 bits per heavy atom. The van der Waals surface area contributed by atoms with Gasteiger partial charge in [0, 0.05) is 23.9 Å². The molecule has 0 aliphatic rings. The molecule has 1 N–H and O–H groups in total. The molecule has 1 unspecified atom stereocenters. The standard InChI is InChI=1S/C21H21ClN2O2S/c1-14-7-9-16(10-8-14)21-24-17(13-27-21)11-12-23-20(25)15(2)26-19-6-4-3-5-18(19)22/h3-10,13,15H,11-12H2,1-2H3,(H,23,25). The predicted molar refractivity (Wildman–Crippen MR) is 111 cm³/mol. The summed E-state index contributed by atoms with van der Waals surface area (Å²) in [6.45, 7) is 4.28. The summed E-state index contributed by atoms with van der Waals surface area (Å²) in [7, 11) is 0. The maximum absolute atomic E-state index is 12.2. The van der Waals surface area contributed by atoms with Gasteiger partial charge in [-0.2, -0.15) is 0 Å². The SMILES string of the molecule is Cc1ccc(-c2nc(CCNC(=O)C(C)Oc3ccccc3Cl)cs2)cc1. The number of amides is 1. The number of hydrogen-bond donors (Lipinski definition) is 1. The highest BCUT2D eigenvalue weighted by atomic mass is 35.5. The number of benzene rings is 2. The molecule has 3 rings (SSSR count). The number of rotatable bonds is 7. The van der Waals surface area contributed by atoms with Crippen molar-refractivity contribution in [1.29, 1.82) is 0 Å². The fourth-order valence-corrected chi connectivity index (χ4v) is 3.53. The third kappa shape index (κ3) is 5.31. The number of nitrogens with zero attached hydrogens (tertiary/aromatic N) is 1. The van der Waals surface area contributed by atoms with Crippen molar-refractivity contribution in [2.24, 2.45) is 0 Å². The van der Waals surface area contributed by atoms with E-state index in [4.69, 9.17) is 16.3 Å². The molecule has 140 valence electrons. The van der Waals surface area contributed by atoms with E-state index in [0.29, 0.717) is 23.7 Å². The molecule has 0 saturated heterocycles. The van der Waals surface area contributed by atoms with Crippen molar-refractivity contribution in [3.8, 4) is 16.3 Å². The van der Waals surface area contributed by atoms with Crippen LogP contribution in [0, 0.1) is 6.92 Å². The first-order valence-electron chi connectivity index (χ1n) is 8.73. The van der Waals surface area contributed by atoms with Crippen molar-refractivity contribution in [1.82, 2.24) is 10.3 Å². The number of carbonyl (C=O) groups excluding carboxylic acids is 1. The molecule has 1 atom stereocenters. The normalized spacial score (nSPS) is 11.8. The lowest BCUT2D eigenvalue weighted by atomic mass is 10.2. The first-order chi connectivity index (χ1) is 13.0. The predicted octanol–water partition coefficient (Wildman–Crippen LogP) is 4.90. The molecule has 0 aliphatic carbocycles. The smallest absolute Gasteiger partial charge is 0.260 e. The van der Waals surface area contributed by atoms with Crippen molar-refractivity contribution in [2.45, 2.75) is 26.4 Å². The number of aromatic nitrogens is 1. The highest BCUT2D eigenvalue weighted by Crippen LogP contribution is 2.25. The summed E-state index contributed by atoms with van der Waals surface area (Å²) in [5.41, 5.74) is 3.31. The quantitative estimate of drug-likeness (QED) is 0.613. The Morgan fingerprint density at radius 3 is 2.70 bits per heavy atom. The number of hydrogen-bond acceptors (Lipinski definition) is 4. The lowest BCUT2D eigenvalue weighted by Gasteiger charge is -2.15. The van der Waals surface area contributed by atoms with Gasteiger partial charge in [-0.05, 0) is 26.0 Å². The van der Waals surface area contributed by atoms with E-state index in [1.54, 1.807) is 30.4 Å². The molecule has 4 nitrogen and oxygen atoms in total. The van der Waals surface area contributed by atoms with Crippen LogP contribution in [0.5, 0.6) is 5.75 Å². The molecule has 0 spiro atoms. The molecule has 3 aromatic rings. The second-order valence-corrected chi connectivity index (χ2v) is 7.51. The Labute approximate surface area is 168 Å². The van der Waals surface area contributed by atoms with E-state index in [-0.39, 0.29) is 5.91 Å². The van der Waals surface area contributed by atoms with Gasteiger partial charge in [-0.1, -0.05) is 53.6 Å². The van der Waals surface area contributed by atoms with E-state index in [9.17, 15) is 4.79 Å². The molecule has 6 heteroatoms. The molecule has 1 amide bonds. The first-order valence-corrected chi connectivity index (χ1v) is 9.99. The number of ether oxygens (including phenoxy) is 1. The Balaban J connectivity index is 1.49. The van der Waals surface area contributed by atoms with Gasteiger partial charge in [-0.15, -0.1) is 11.3 Å². The van der Waals surface area contributed by atoms with Gasteiger partial charge in [0.05, 0.1) is 10.7 Å². The van der Waals surface area contributed by atoms with E-state index >= 15 is 0 Å². The monoisotopic (exact) mass is 400 g/mol. The molecule has 0 bridgehead atoms. The summed E-state index contributed by atoms with van der Waals surface area (Å²) in [5.74, 6) is 0.327. The Kier molecular flexibility index (Phi) is 6.48. The van der Waals surface area contributed by atoms with E-state index in [2.05, 4.69) is 41.5 Å². The van der Waals surface area contributed by atoms with Gasteiger partial charge in [-0.3, -0.25) is 4.79 Å². The fourth-order valence-electron chi connectivity index (χ4n) is 2.49. The van der Waals surface area contributed by atoms with Crippen LogP contribution in [0.1, 0.15) is 18.2 Å². The summed E-state index contributed by atoms with van der Waals surface area (Å²) < 4.78 is 5.62. The molecular formula is C21H21ClN2O2S. The molecular weight excluding hydrogens is 380 g/mol. The van der Waals surface area contributed by atoms with E-state index in [0.717, 1.165) is 16.3 Å². The number of thiazole rings is 1. The van der Waals surface area contributed by atoms with Crippen molar-refractivity contribution in [2.75, 3.05) is 6.54 Å². The van der Waals surface area contributed by atoms with Crippen LogP contribution >= 0.6 is 22.9 Å². The number of aryl methyl sites for hydroxylation is 1. The zero-order valence-electron chi connectivity index (χ0n) is 15.2. The summed E-state index contributed by atoms with van der Waals surface area (Å²) in [6, 6.07) is 15.4. The van der Waals surface area contributed by atoms with Crippen molar-refractivity contribution in [3.05, 3.63) is 70.2 Å². The molecule has 1 aromatic heterocycles. The van der Waals surface area contributed by atoms with E-state index in [1.807, 2.05) is 17.5 Å². The number of para-hydroxylation sites is 1. The zero-order valence-corrected chi connectivity index (χ0v) is 16.8. The maximum Gasteiger partial charge on any atom is 0.260 e. The average molecular weight is 401 g/mol. The van der Waals surface area contributed by atoms with Gasteiger partial charge in [-0.25, -0.2) is 4.98 Å². The minimum atomic E-state index is -0.622. The van der Waals surface area contributed by atoms with Crippen molar-refractivity contribution >= 4 is 28.8 Å². The molecule has 0 fully saturated rings. The number of nitrogens with one attached hydrogen (secondary N) is 1. The third-order valence-corrected chi connectivity index (χ3v) is 5.29. The molecule has 0 aliphatic heterocycles. The molecule has 0 saturated carbocycles. The summed E-state index contributed by atoms with van der Waals surface area (Å²) in [6.07, 6.45) is 0.0517. The first kappa shape index (κ1) is 19.4. The molecule has 27 heavy (non-hydrogen) atoms. The van der Waals surface area contributed by atoms with Crippen LogP contribution in [-0.2, 0) is 11.2 Å². The van der Waals surface area contributed by atoms with Crippen molar-refractivity contribution < 1.29 is 9.53 Å². The highest BCUT2D eigenvalue weighted by molar-refractivity contribution is 7.13. The Hall–Kier alpha value is -2.37.